The molecule has 0 unspecified atom stereocenters. The quantitative estimate of drug-likeness (QED) is 0.420. The highest BCUT2D eigenvalue weighted by Gasteiger charge is 2.30. The monoisotopic (exact) mass is 588 g/mol. The van der Waals surface area contributed by atoms with Crippen molar-refractivity contribution in [3.8, 4) is 5.69 Å². The number of halogens is 3. The van der Waals surface area contributed by atoms with Crippen molar-refractivity contribution in [1.82, 2.24) is 24.8 Å². The molecule has 3 heterocycles. The number of aromatic nitrogens is 3. The molecule has 5 rings (SSSR count). The number of nitrogens with one attached hydrogen (secondary N) is 1. The van der Waals surface area contributed by atoms with E-state index in [1.807, 2.05) is 0 Å². The van der Waals surface area contributed by atoms with Gasteiger partial charge >= 0.3 is 0 Å². The molecule has 13 heteroatoms. The summed E-state index contributed by atoms with van der Waals surface area (Å²) in [4.78, 5) is 20.0. The lowest BCUT2D eigenvalue weighted by molar-refractivity contribution is 0.0336. The molecule has 2 aliphatic heterocycles. The van der Waals surface area contributed by atoms with Crippen LogP contribution in [0.4, 0.5) is 25.8 Å². The number of nitrogen functional groups attached to an aromatic ring is 1. The Labute approximate surface area is 243 Å². The lowest BCUT2D eigenvalue weighted by Crippen LogP contribution is -2.55. The highest BCUT2D eigenvalue weighted by atomic mass is 35.5. The van der Waals surface area contributed by atoms with Gasteiger partial charge < -0.3 is 20.7 Å². The standard InChI is InChI=1S/C28H35ClF2N8O2/c1-16-12-38(13-17(2)36(16)4)25-10-21(30)24(39-15-19(34-35-39)14-37-5-7-41-8-6-37)11-23(25)33-28(40)20-9-22(32)27(31)18(3)26(20)29/h9-11,15-17H,5-8,12-14,32H2,1-4H3,(H,33,40)/t16-,17+. The third kappa shape index (κ3) is 6.01. The van der Waals surface area contributed by atoms with Gasteiger partial charge in [-0.05, 0) is 40.0 Å². The van der Waals surface area contributed by atoms with Crippen LogP contribution in [0.5, 0.6) is 0 Å². The molecule has 3 N–H and O–H groups in total. The maximum Gasteiger partial charge on any atom is 0.257 e. The number of carbonyl (C=O) groups is 1. The Balaban J connectivity index is 1.51. The SMILES string of the molecule is Cc1c(F)c(N)cc(C(=O)Nc2cc(-n3cc(CN4CCOCC4)nn3)c(F)cc2N2C[C@@H](C)N(C)[C@@H](C)C2)c1Cl. The molecule has 41 heavy (non-hydrogen) atoms. The number of likely N-dealkylation sites (N-methyl/N-ethyl adjacent to an activating group) is 1. The molecule has 0 aliphatic carbocycles. The van der Waals surface area contributed by atoms with E-state index >= 15 is 4.39 Å². The molecule has 3 aromatic rings. The average Bonchev–Trinajstić information content (AvgIpc) is 3.41. The minimum absolute atomic E-state index is 0.0218. The number of hydrogen-bond donors (Lipinski definition) is 2. The van der Waals surface area contributed by atoms with Gasteiger partial charge in [-0.2, -0.15) is 0 Å². The Bertz CT molecular complexity index is 1430. The van der Waals surface area contributed by atoms with E-state index in [-0.39, 0.29) is 39.6 Å². The fraction of sp³-hybridized carbons (Fsp3) is 0.464. The second kappa shape index (κ2) is 11.9. The first-order valence-corrected chi connectivity index (χ1v) is 14.0. The molecule has 1 aromatic heterocycles. The number of hydrogen-bond acceptors (Lipinski definition) is 8. The Kier molecular flexibility index (Phi) is 8.46. The second-order valence-electron chi connectivity index (χ2n) is 10.9. The Morgan fingerprint density at radius 1 is 1.15 bits per heavy atom. The predicted molar refractivity (Wildman–Crippen MR) is 155 cm³/mol. The lowest BCUT2D eigenvalue weighted by atomic mass is 10.1. The molecule has 2 atom stereocenters. The van der Waals surface area contributed by atoms with Crippen molar-refractivity contribution in [2.24, 2.45) is 0 Å². The largest absolute Gasteiger partial charge is 0.396 e. The predicted octanol–water partition coefficient (Wildman–Crippen LogP) is 3.70. The van der Waals surface area contributed by atoms with Crippen molar-refractivity contribution >= 4 is 34.6 Å². The van der Waals surface area contributed by atoms with Crippen LogP contribution in [0.1, 0.15) is 35.5 Å². The van der Waals surface area contributed by atoms with Crippen LogP contribution < -0.4 is 16.0 Å². The van der Waals surface area contributed by atoms with Gasteiger partial charge in [-0.15, -0.1) is 5.10 Å². The van der Waals surface area contributed by atoms with E-state index in [2.05, 4.69) is 51.2 Å². The molecule has 2 aromatic carbocycles. The minimum atomic E-state index is -0.671. The van der Waals surface area contributed by atoms with Gasteiger partial charge in [0.25, 0.3) is 5.91 Å². The van der Waals surface area contributed by atoms with Crippen molar-refractivity contribution in [2.45, 2.75) is 39.4 Å². The fourth-order valence-electron chi connectivity index (χ4n) is 5.32. The molecule has 0 spiro atoms. The van der Waals surface area contributed by atoms with Crippen molar-refractivity contribution < 1.29 is 18.3 Å². The van der Waals surface area contributed by atoms with E-state index in [1.54, 1.807) is 6.20 Å². The van der Waals surface area contributed by atoms with Gasteiger partial charge in [-0.25, -0.2) is 13.5 Å². The lowest BCUT2D eigenvalue weighted by Gasteiger charge is -2.44. The number of nitrogens with zero attached hydrogens (tertiary/aromatic N) is 6. The highest BCUT2D eigenvalue weighted by molar-refractivity contribution is 6.35. The number of nitrogens with two attached hydrogens (primary N) is 1. The second-order valence-corrected chi connectivity index (χ2v) is 11.2. The van der Waals surface area contributed by atoms with Gasteiger partial charge in [0.1, 0.15) is 5.69 Å². The first-order valence-electron chi connectivity index (χ1n) is 13.6. The van der Waals surface area contributed by atoms with E-state index in [0.29, 0.717) is 49.9 Å². The maximum absolute atomic E-state index is 15.7. The third-order valence-electron chi connectivity index (χ3n) is 7.98. The molecule has 220 valence electrons. The summed E-state index contributed by atoms with van der Waals surface area (Å²) in [5.74, 6) is -1.78. The average molecular weight is 589 g/mol. The summed E-state index contributed by atoms with van der Waals surface area (Å²) in [6.45, 7) is 10.3. The van der Waals surface area contributed by atoms with Crippen LogP contribution in [0.3, 0.4) is 0 Å². The first kappa shape index (κ1) is 29.2. The van der Waals surface area contributed by atoms with Crippen molar-refractivity contribution in [1.29, 1.82) is 0 Å². The van der Waals surface area contributed by atoms with Crippen LogP contribution in [-0.4, -0.2) is 89.2 Å². The molecule has 2 saturated heterocycles. The number of ether oxygens (including phenoxy) is 1. The van der Waals surface area contributed by atoms with Gasteiger partial charge in [0.15, 0.2) is 11.6 Å². The molecule has 0 bridgehead atoms. The highest BCUT2D eigenvalue weighted by Crippen LogP contribution is 2.35. The minimum Gasteiger partial charge on any atom is -0.396 e. The van der Waals surface area contributed by atoms with Gasteiger partial charge in [-0.1, -0.05) is 16.8 Å². The summed E-state index contributed by atoms with van der Waals surface area (Å²) in [6, 6.07) is 4.54. The summed E-state index contributed by atoms with van der Waals surface area (Å²) >= 11 is 6.34. The van der Waals surface area contributed by atoms with Gasteiger partial charge in [0.05, 0.1) is 52.8 Å². The molecule has 2 fully saturated rings. The van der Waals surface area contributed by atoms with Crippen LogP contribution in [0, 0.1) is 18.6 Å². The zero-order chi connectivity index (χ0) is 29.4. The van der Waals surface area contributed by atoms with Gasteiger partial charge in [0, 0.05) is 56.4 Å². The molecular formula is C28H35ClF2N8O2. The number of rotatable bonds is 6. The summed E-state index contributed by atoms with van der Waals surface area (Å²) < 4.78 is 36.8. The molecule has 10 nitrogen and oxygen atoms in total. The number of benzene rings is 2. The van der Waals surface area contributed by atoms with E-state index in [9.17, 15) is 9.18 Å². The smallest absolute Gasteiger partial charge is 0.257 e. The van der Waals surface area contributed by atoms with Crippen LogP contribution in [0.15, 0.2) is 24.4 Å². The van der Waals surface area contributed by atoms with Crippen LogP contribution in [0.25, 0.3) is 5.69 Å². The van der Waals surface area contributed by atoms with E-state index in [1.165, 1.54) is 29.8 Å². The number of amides is 1. The summed E-state index contributed by atoms with van der Waals surface area (Å²) in [5.41, 5.74) is 7.40. The van der Waals surface area contributed by atoms with E-state index in [0.717, 1.165) is 13.1 Å². The maximum atomic E-state index is 15.7. The molecule has 1 amide bonds. The Morgan fingerprint density at radius 2 is 1.83 bits per heavy atom. The molecule has 0 saturated carbocycles. The van der Waals surface area contributed by atoms with Crippen molar-refractivity contribution in [3.63, 3.8) is 0 Å². The summed E-state index contributed by atoms with van der Waals surface area (Å²) in [7, 11) is 2.06. The van der Waals surface area contributed by atoms with Crippen LogP contribution >= 0.6 is 11.6 Å². The van der Waals surface area contributed by atoms with Crippen LogP contribution in [0.2, 0.25) is 5.02 Å². The first-order chi connectivity index (χ1) is 19.5. The number of carbonyl (C=O) groups excluding carboxylic acids is 1. The summed E-state index contributed by atoms with van der Waals surface area (Å²) in [6.07, 6.45) is 1.68. The normalized spacial score (nSPS) is 20.4. The number of anilines is 3. The molecule has 0 radical (unpaired) electrons. The molecule has 2 aliphatic rings. The van der Waals surface area contributed by atoms with Crippen molar-refractivity contribution in [3.05, 3.63) is 57.9 Å². The van der Waals surface area contributed by atoms with Gasteiger partial charge in [0.2, 0.25) is 0 Å². The van der Waals surface area contributed by atoms with E-state index < -0.39 is 17.5 Å². The van der Waals surface area contributed by atoms with Gasteiger partial charge in [-0.3, -0.25) is 14.6 Å². The van der Waals surface area contributed by atoms with E-state index in [4.69, 9.17) is 22.1 Å². The Hall–Kier alpha value is -3.32. The number of morpholine rings is 1. The number of piperazine rings is 1. The topological polar surface area (TPSA) is 105 Å². The van der Waals surface area contributed by atoms with Crippen molar-refractivity contribution in [2.75, 3.05) is 62.4 Å². The Morgan fingerprint density at radius 3 is 2.51 bits per heavy atom. The zero-order valence-electron chi connectivity index (χ0n) is 23.6. The fourth-order valence-corrected chi connectivity index (χ4v) is 5.54. The third-order valence-corrected chi connectivity index (χ3v) is 8.47. The van der Waals surface area contributed by atoms with Crippen LogP contribution in [-0.2, 0) is 11.3 Å². The summed E-state index contributed by atoms with van der Waals surface area (Å²) in [5, 5.41) is 11.3. The molecular weight excluding hydrogens is 554 g/mol. The zero-order valence-corrected chi connectivity index (χ0v) is 24.4.